The van der Waals surface area contributed by atoms with E-state index in [0.29, 0.717) is 11.2 Å². The van der Waals surface area contributed by atoms with E-state index < -0.39 is 0 Å². The highest BCUT2D eigenvalue weighted by Crippen LogP contribution is 2.19. The van der Waals surface area contributed by atoms with Gasteiger partial charge in [-0.15, -0.1) is 0 Å². The number of benzene rings is 1. The van der Waals surface area contributed by atoms with Gasteiger partial charge in [-0.1, -0.05) is 6.07 Å². The maximum Gasteiger partial charge on any atom is 0.170 e. The van der Waals surface area contributed by atoms with Crippen LogP contribution in [0, 0.1) is 0 Å². The molecule has 1 fully saturated rings. The summed E-state index contributed by atoms with van der Waals surface area (Å²) in [7, 11) is 0. The molecule has 0 saturated heterocycles. The van der Waals surface area contributed by atoms with E-state index >= 15 is 0 Å². The van der Waals surface area contributed by atoms with E-state index in [0.717, 1.165) is 5.69 Å². The Hall–Kier alpha value is -1.29. The molecule has 4 heteroatoms. The first-order valence-corrected chi connectivity index (χ1v) is 5.01. The van der Waals surface area contributed by atoms with Gasteiger partial charge in [0.25, 0.3) is 0 Å². The molecule has 0 heterocycles. The Morgan fingerprint density at radius 1 is 1.43 bits per heavy atom. The van der Waals surface area contributed by atoms with Gasteiger partial charge in [0.15, 0.2) is 5.11 Å². The van der Waals surface area contributed by atoms with Crippen molar-refractivity contribution in [3.8, 4) is 5.75 Å². The number of phenols is 1. The molecule has 0 aliphatic heterocycles. The number of aromatic hydroxyl groups is 1. The maximum atomic E-state index is 9.22. The minimum Gasteiger partial charge on any atom is -0.508 e. The molecule has 1 aliphatic rings. The second kappa shape index (κ2) is 3.84. The van der Waals surface area contributed by atoms with E-state index in [2.05, 4.69) is 10.6 Å². The Bertz CT molecular complexity index is 350. The van der Waals surface area contributed by atoms with Gasteiger partial charge in [0, 0.05) is 17.8 Å². The van der Waals surface area contributed by atoms with Gasteiger partial charge in [0.1, 0.15) is 5.75 Å². The van der Waals surface area contributed by atoms with Crippen LogP contribution in [0.1, 0.15) is 12.8 Å². The average Bonchev–Trinajstić information content (AvgIpc) is 2.87. The predicted octanol–water partition coefficient (Wildman–Crippen LogP) is 1.84. The Kier molecular flexibility index (Phi) is 2.54. The first-order chi connectivity index (χ1) is 6.74. The number of rotatable bonds is 2. The topological polar surface area (TPSA) is 44.3 Å². The summed E-state index contributed by atoms with van der Waals surface area (Å²) in [5.74, 6) is 0.240. The normalized spacial score (nSPS) is 14.9. The lowest BCUT2D eigenvalue weighted by molar-refractivity contribution is 0.475. The number of thiocarbonyl (C=S) groups is 1. The summed E-state index contributed by atoms with van der Waals surface area (Å²) < 4.78 is 0. The second-order valence-corrected chi connectivity index (χ2v) is 3.83. The lowest BCUT2D eigenvalue weighted by Crippen LogP contribution is -2.29. The average molecular weight is 208 g/mol. The van der Waals surface area contributed by atoms with Crippen LogP contribution in [0.3, 0.4) is 0 Å². The standard InChI is InChI=1S/C10H12N2OS/c13-9-3-1-2-8(6-9)12-10(14)11-7-4-5-7/h1-3,6-7,13H,4-5H2,(H2,11,12,14). The van der Waals surface area contributed by atoms with Crippen LogP contribution in [0.5, 0.6) is 5.75 Å². The molecular weight excluding hydrogens is 196 g/mol. The fourth-order valence-electron chi connectivity index (χ4n) is 1.16. The maximum absolute atomic E-state index is 9.22. The van der Waals surface area contributed by atoms with Crippen molar-refractivity contribution in [3.05, 3.63) is 24.3 Å². The van der Waals surface area contributed by atoms with Crippen molar-refractivity contribution >= 4 is 23.0 Å². The molecule has 3 nitrogen and oxygen atoms in total. The number of phenolic OH excluding ortho intramolecular Hbond substituents is 1. The van der Waals surface area contributed by atoms with Crippen LogP contribution >= 0.6 is 12.2 Å². The quantitative estimate of drug-likeness (QED) is 0.649. The second-order valence-electron chi connectivity index (χ2n) is 3.42. The van der Waals surface area contributed by atoms with E-state index in [9.17, 15) is 5.11 Å². The van der Waals surface area contributed by atoms with E-state index in [1.807, 2.05) is 6.07 Å². The third-order valence-corrected chi connectivity index (χ3v) is 2.24. The summed E-state index contributed by atoms with van der Waals surface area (Å²) in [5.41, 5.74) is 0.808. The van der Waals surface area contributed by atoms with Crippen LogP contribution < -0.4 is 10.6 Å². The van der Waals surface area contributed by atoms with Gasteiger partial charge in [0.2, 0.25) is 0 Å². The Balaban J connectivity index is 1.92. The van der Waals surface area contributed by atoms with Crippen LogP contribution in [0.4, 0.5) is 5.69 Å². The molecule has 0 amide bonds. The van der Waals surface area contributed by atoms with Crippen LogP contribution in [0.15, 0.2) is 24.3 Å². The molecule has 0 atom stereocenters. The third-order valence-electron chi connectivity index (χ3n) is 2.02. The van der Waals surface area contributed by atoms with E-state index in [4.69, 9.17) is 12.2 Å². The minimum absolute atomic E-state index is 0.240. The molecule has 1 saturated carbocycles. The summed E-state index contributed by atoms with van der Waals surface area (Å²) in [6.45, 7) is 0. The van der Waals surface area contributed by atoms with Gasteiger partial charge in [-0.3, -0.25) is 0 Å². The molecule has 1 aromatic carbocycles. The third kappa shape index (κ3) is 2.60. The zero-order chi connectivity index (χ0) is 9.97. The molecule has 0 aromatic heterocycles. The molecule has 14 heavy (non-hydrogen) atoms. The van der Waals surface area contributed by atoms with Crippen molar-refractivity contribution in [1.82, 2.24) is 5.32 Å². The monoisotopic (exact) mass is 208 g/mol. The molecule has 0 unspecified atom stereocenters. The van der Waals surface area contributed by atoms with Crippen molar-refractivity contribution < 1.29 is 5.11 Å². The first-order valence-electron chi connectivity index (χ1n) is 4.60. The van der Waals surface area contributed by atoms with Crippen LogP contribution in [-0.2, 0) is 0 Å². The zero-order valence-electron chi connectivity index (χ0n) is 7.66. The Morgan fingerprint density at radius 2 is 2.21 bits per heavy atom. The van der Waals surface area contributed by atoms with Gasteiger partial charge in [0.05, 0.1) is 0 Å². The molecule has 2 rings (SSSR count). The molecule has 74 valence electrons. The molecule has 1 aliphatic carbocycles. The number of anilines is 1. The number of nitrogens with one attached hydrogen (secondary N) is 2. The Labute approximate surface area is 88.1 Å². The van der Waals surface area contributed by atoms with Crippen molar-refractivity contribution in [3.63, 3.8) is 0 Å². The largest absolute Gasteiger partial charge is 0.508 e. The highest BCUT2D eigenvalue weighted by atomic mass is 32.1. The molecule has 0 radical (unpaired) electrons. The summed E-state index contributed by atoms with van der Waals surface area (Å²) >= 11 is 5.09. The van der Waals surface area contributed by atoms with Crippen molar-refractivity contribution in [1.29, 1.82) is 0 Å². The number of hydrogen-bond acceptors (Lipinski definition) is 2. The highest BCUT2D eigenvalue weighted by Gasteiger charge is 2.21. The predicted molar refractivity (Wildman–Crippen MR) is 60.5 cm³/mol. The SMILES string of the molecule is Oc1cccc(NC(=S)NC2CC2)c1. The van der Waals surface area contributed by atoms with Crippen molar-refractivity contribution in [2.75, 3.05) is 5.32 Å². The zero-order valence-corrected chi connectivity index (χ0v) is 8.47. The van der Waals surface area contributed by atoms with Crippen molar-refractivity contribution in [2.24, 2.45) is 0 Å². The molecule has 0 spiro atoms. The van der Waals surface area contributed by atoms with Gasteiger partial charge in [-0.2, -0.15) is 0 Å². The van der Waals surface area contributed by atoms with Gasteiger partial charge in [-0.25, -0.2) is 0 Å². The lowest BCUT2D eigenvalue weighted by atomic mass is 10.3. The van der Waals surface area contributed by atoms with Gasteiger partial charge < -0.3 is 15.7 Å². The van der Waals surface area contributed by atoms with E-state index in [1.165, 1.54) is 12.8 Å². The van der Waals surface area contributed by atoms with Crippen LogP contribution in [0.2, 0.25) is 0 Å². The lowest BCUT2D eigenvalue weighted by Gasteiger charge is -2.09. The minimum atomic E-state index is 0.240. The summed E-state index contributed by atoms with van der Waals surface area (Å²) in [6.07, 6.45) is 2.39. The van der Waals surface area contributed by atoms with Gasteiger partial charge in [-0.05, 0) is 37.2 Å². The molecule has 3 N–H and O–H groups in total. The molecule has 1 aromatic rings. The number of hydrogen-bond donors (Lipinski definition) is 3. The van der Waals surface area contributed by atoms with E-state index in [-0.39, 0.29) is 5.75 Å². The fourth-order valence-corrected chi connectivity index (χ4v) is 1.45. The van der Waals surface area contributed by atoms with Crippen LogP contribution in [-0.4, -0.2) is 16.3 Å². The van der Waals surface area contributed by atoms with E-state index in [1.54, 1.807) is 18.2 Å². The molecule has 0 bridgehead atoms. The van der Waals surface area contributed by atoms with Crippen molar-refractivity contribution in [2.45, 2.75) is 18.9 Å². The smallest absolute Gasteiger partial charge is 0.170 e. The highest BCUT2D eigenvalue weighted by molar-refractivity contribution is 7.80. The van der Waals surface area contributed by atoms with Gasteiger partial charge >= 0.3 is 0 Å². The van der Waals surface area contributed by atoms with Crippen LogP contribution in [0.25, 0.3) is 0 Å². The first kappa shape index (κ1) is 9.27. The summed E-state index contributed by atoms with van der Waals surface area (Å²) in [5, 5.41) is 16.0. The molecular formula is C10H12N2OS. The fraction of sp³-hybridized carbons (Fsp3) is 0.300. The Morgan fingerprint density at radius 3 is 2.86 bits per heavy atom. The summed E-state index contributed by atoms with van der Waals surface area (Å²) in [4.78, 5) is 0. The summed E-state index contributed by atoms with van der Waals surface area (Å²) in [6, 6.07) is 7.45.